The number of rotatable bonds is 4. The molecule has 0 atom stereocenters. The number of likely N-dealkylation sites (N-methyl/N-ethyl adjacent to an activating group) is 1. The first-order valence-corrected chi connectivity index (χ1v) is 6.62. The van der Waals surface area contributed by atoms with Gasteiger partial charge in [-0.1, -0.05) is 15.9 Å². The molecule has 0 aromatic heterocycles. The molecule has 1 fully saturated rings. The third kappa shape index (κ3) is 3.46. The van der Waals surface area contributed by atoms with E-state index in [1.54, 1.807) is 0 Å². The fourth-order valence-electron chi connectivity index (χ4n) is 1.81. The van der Waals surface area contributed by atoms with Crippen molar-refractivity contribution in [2.24, 2.45) is 0 Å². The van der Waals surface area contributed by atoms with Crippen molar-refractivity contribution < 1.29 is 4.79 Å². The molecule has 0 aliphatic heterocycles. The van der Waals surface area contributed by atoms with Gasteiger partial charge in [-0.05, 0) is 43.5 Å². The van der Waals surface area contributed by atoms with E-state index >= 15 is 0 Å². The molecule has 0 heterocycles. The van der Waals surface area contributed by atoms with E-state index in [1.807, 2.05) is 37.1 Å². The quantitative estimate of drug-likeness (QED) is 0.927. The lowest BCUT2D eigenvalue weighted by Gasteiger charge is -2.17. The van der Waals surface area contributed by atoms with Gasteiger partial charge in [0.1, 0.15) is 0 Å². The summed E-state index contributed by atoms with van der Waals surface area (Å²) >= 11 is 3.45. The topological polar surface area (TPSA) is 32.3 Å². The van der Waals surface area contributed by atoms with Crippen LogP contribution in [0.3, 0.4) is 0 Å². The van der Waals surface area contributed by atoms with E-state index < -0.39 is 0 Å². The second kappa shape index (κ2) is 5.08. The molecule has 1 saturated carbocycles. The van der Waals surface area contributed by atoms with E-state index in [4.69, 9.17) is 0 Å². The van der Waals surface area contributed by atoms with E-state index in [9.17, 15) is 4.79 Å². The molecule has 1 amide bonds. The lowest BCUT2D eigenvalue weighted by molar-refractivity contribution is -0.128. The number of carbonyl (C=O) groups is 1. The highest BCUT2D eigenvalue weighted by Gasteiger charge is 2.29. The summed E-state index contributed by atoms with van der Waals surface area (Å²) in [5.74, 6) is 0.158. The number of aryl methyl sites for hydroxylation is 1. The largest absolute Gasteiger partial charge is 0.376 e. The first-order valence-electron chi connectivity index (χ1n) is 5.83. The van der Waals surface area contributed by atoms with E-state index in [-0.39, 0.29) is 5.91 Å². The van der Waals surface area contributed by atoms with Crippen molar-refractivity contribution in [3.63, 3.8) is 0 Å². The van der Waals surface area contributed by atoms with Gasteiger partial charge in [0, 0.05) is 23.2 Å². The number of halogens is 1. The van der Waals surface area contributed by atoms with Crippen LogP contribution in [0.1, 0.15) is 18.4 Å². The minimum absolute atomic E-state index is 0.158. The Hall–Kier alpha value is -1.03. The summed E-state index contributed by atoms with van der Waals surface area (Å²) in [6.45, 7) is 2.40. The number of anilines is 1. The summed E-state index contributed by atoms with van der Waals surface area (Å²) in [7, 11) is 1.88. The molecular formula is C13H17BrN2O. The summed E-state index contributed by atoms with van der Waals surface area (Å²) in [4.78, 5) is 13.7. The summed E-state index contributed by atoms with van der Waals surface area (Å²) < 4.78 is 1.03. The Labute approximate surface area is 110 Å². The molecular weight excluding hydrogens is 280 g/mol. The number of hydrogen-bond donors (Lipinski definition) is 1. The van der Waals surface area contributed by atoms with Crippen LogP contribution in [-0.4, -0.2) is 30.4 Å². The van der Waals surface area contributed by atoms with Gasteiger partial charge in [-0.3, -0.25) is 4.79 Å². The Balaban J connectivity index is 1.90. The van der Waals surface area contributed by atoms with Gasteiger partial charge < -0.3 is 10.2 Å². The summed E-state index contributed by atoms with van der Waals surface area (Å²) in [6.07, 6.45) is 2.30. The number of nitrogens with one attached hydrogen (secondary N) is 1. The molecule has 1 aromatic carbocycles. The minimum Gasteiger partial charge on any atom is -0.376 e. The highest BCUT2D eigenvalue weighted by atomic mass is 79.9. The molecule has 92 valence electrons. The van der Waals surface area contributed by atoms with Crippen LogP contribution in [0.4, 0.5) is 5.69 Å². The van der Waals surface area contributed by atoms with E-state index in [1.165, 1.54) is 5.56 Å². The van der Waals surface area contributed by atoms with E-state index in [0.29, 0.717) is 12.6 Å². The number of nitrogens with zero attached hydrogens (tertiary/aromatic N) is 1. The van der Waals surface area contributed by atoms with Gasteiger partial charge in [-0.2, -0.15) is 0 Å². The fourth-order valence-corrected chi connectivity index (χ4v) is 2.41. The predicted octanol–water partition coefficient (Wildman–Crippen LogP) is 2.79. The second-order valence-electron chi connectivity index (χ2n) is 4.61. The van der Waals surface area contributed by atoms with Crippen LogP contribution in [0.5, 0.6) is 0 Å². The Kier molecular flexibility index (Phi) is 3.72. The zero-order valence-corrected chi connectivity index (χ0v) is 11.8. The number of benzene rings is 1. The normalized spacial score (nSPS) is 14.5. The Morgan fingerprint density at radius 1 is 1.47 bits per heavy atom. The first kappa shape index (κ1) is 12.4. The smallest absolute Gasteiger partial charge is 0.241 e. The minimum atomic E-state index is 0.158. The highest BCUT2D eigenvalue weighted by molar-refractivity contribution is 9.10. The van der Waals surface area contributed by atoms with Crippen LogP contribution in [0.25, 0.3) is 0 Å². The molecule has 1 aliphatic rings. The van der Waals surface area contributed by atoms with Crippen molar-refractivity contribution >= 4 is 27.5 Å². The highest BCUT2D eigenvalue weighted by Crippen LogP contribution is 2.25. The monoisotopic (exact) mass is 296 g/mol. The van der Waals surface area contributed by atoms with E-state index in [0.717, 1.165) is 23.0 Å². The number of amides is 1. The standard InChI is InChI=1S/C13H17BrN2O/c1-9-5-10(14)7-11(6-9)15-8-13(17)16(2)12-3-4-12/h5-7,12,15H,3-4,8H2,1-2H3. The van der Waals surface area contributed by atoms with Crippen LogP contribution >= 0.6 is 15.9 Å². The lowest BCUT2D eigenvalue weighted by Crippen LogP contribution is -2.33. The first-order chi connectivity index (χ1) is 8.06. The fraction of sp³-hybridized carbons (Fsp3) is 0.462. The third-order valence-corrected chi connectivity index (χ3v) is 3.43. The molecule has 2 rings (SSSR count). The summed E-state index contributed by atoms with van der Waals surface area (Å²) in [6, 6.07) is 6.55. The van der Waals surface area contributed by atoms with Crippen molar-refractivity contribution in [3.05, 3.63) is 28.2 Å². The second-order valence-corrected chi connectivity index (χ2v) is 5.52. The van der Waals surface area contributed by atoms with Crippen molar-refractivity contribution in [2.45, 2.75) is 25.8 Å². The van der Waals surface area contributed by atoms with Gasteiger partial charge in [0.25, 0.3) is 0 Å². The SMILES string of the molecule is Cc1cc(Br)cc(NCC(=O)N(C)C2CC2)c1. The molecule has 0 unspecified atom stereocenters. The molecule has 1 aromatic rings. The van der Waals surface area contributed by atoms with Gasteiger partial charge >= 0.3 is 0 Å². The van der Waals surface area contributed by atoms with Crippen LogP contribution < -0.4 is 5.32 Å². The molecule has 0 radical (unpaired) electrons. The zero-order valence-electron chi connectivity index (χ0n) is 10.2. The third-order valence-electron chi connectivity index (χ3n) is 2.97. The van der Waals surface area contributed by atoms with Crippen molar-refractivity contribution in [1.82, 2.24) is 4.90 Å². The molecule has 1 aliphatic carbocycles. The maximum absolute atomic E-state index is 11.8. The zero-order chi connectivity index (χ0) is 12.4. The molecule has 0 saturated heterocycles. The maximum atomic E-state index is 11.8. The van der Waals surface area contributed by atoms with Gasteiger partial charge in [0.15, 0.2) is 0 Å². The van der Waals surface area contributed by atoms with Crippen LogP contribution in [0.2, 0.25) is 0 Å². The van der Waals surface area contributed by atoms with Crippen LogP contribution in [0.15, 0.2) is 22.7 Å². The van der Waals surface area contributed by atoms with Crippen molar-refractivity contribution in [2.75, 3.05) is 18.9 Å². The van der Waals surface area contributed by atoms with Gasteiger partial charge in [-0.15, -0.1) is 0 Å². The number of hydrogen-bond acceptors (Lipinski definition) is 2. The van der Waals surface area contributed by atoms with Crippen LogP contribution in [-0.2, 0) is 4.79 Å². The lowest BCUT2D eigenvalue weighted by atomic mass is 10.2. The average molecular weight is 297 g/mol. The van der Waals surface area contributed by atoms with Gasteiger partial charge in [-0.25, -0.2) is 0 Å². The maximum Gasteiger partial charge on any atom is 0.241 e. The Morgan fingerprint density at radius 2 is 2.18 bits per heavy atom. The molecule has 0 spiro atoms. The Bertz CT molecular complexity index is 409. The predicted molar refractivity (Wildman–Crippen MR) is 73.2 cm³/mol. The van der Waals surface area contributed by atoms with Crippen LogP contribution in [0, 0.1) is 6.92 Å². The Morgan fingerprint density at radius 3 is 2.76 bits per heavy atom. The molecule has 4 heteroatoms. The molecule has 0 bridgehead atoms. The summed E-state index contributed by atoms with van der Waals surface area (Å²) in [5, 5.41) is 3.17. The molecule has 1 N–H and O–H groups in total. The van der Waals surface area contributed by atoms with E-state index in [2.05, 4.69) is 21.2 Å². The van der Waals surface area contributed by atoms with Crippen molar-refractivity contribution in [1.29, 1.82) is 0 Å². The van der Waals surface area contributed by atoms with Gasteiger partial charge in [0.05, 0.1) is 6.54 Å². The number of carbonyl (C=O) groups excluding carboxylic acids is 1. The van der Waals surface area contributed by atoms with Crippen molar-refractivity contribution in [3.8, 4) is 0 Å². The summed E-state index contributed by atoms with van der Waals surface area (Å²) in [5.41, 5.74) is 2.15. The molecule has 3 nitrogen and oxygen atoms in total. The van der Waals surface area contributed by atoms with Gasteiger partial charge in [0.2, 0.25) is 5.91 Å². The average Bonchev–Trinajstić information content (AvgIpc) is 3.07. The molecule has 17 heavy (non-hydrogen) atoms.